The predicted molar refractivity (Wildman–Crippen MR) is 70.9 cm³/mol. The zero-order chi connectivity index (χ0) is 14.4. The minimum atomic E-state index is -0.673. The van der Waals surface area contributed by atoms with Crippen molar-refractivity contribution in [2.45, 2.75) is 37.8 Å². The third-order valence-electron chi connectivity index (χ3n) is 5.62. The highest BCUT2D eigenvalue weighted by Crippen LogP contribution is 2.68. The molecule has 0 N–H and O–H groups in total. The lowest BCUT2D eigenvalue weighted by atomic mass is 9.72. The Morgan fingerprint density at radius 2 is 2.10 bits per heavy atom. The normalized spacial score (nSPS) is 44.8. The van der Waals surface area contributed by atoms with Gasteiger partial charge in [-0.3, -0.25) is 0 Å². The van der Waals surface area contributed by atoms with Gasteiger partial charge in [0.15, 0.2) is 11.6 Å². The van der Waals surface area contributed by atoms with Crippen molar-refractivity contribution in [3.8, 4) is 0 Å². The minimum Gasteiger partial charge on any atom is -0.352 e. The van der Waals surface area contributed by atoms with E-state index in [2.05, 4.69) is 0 Å². The summed E-state index contributed by atoms with van der Waals surface area (Å²) < 4.78 is 23.7. The van der Waals surface area contributed by atoms with Crippen LogP contribution in [0.2, 0.25) is 0 Å². The van der Waals surface area contributed by atoms with Crippen LogP contribution in [0.25, 0.3) is 0 Å². The second-order valence-corrected chi connectivity index (χ2v) is 6.03. The van der Waals surface area contributed by atoms with Gasteiger partial charge in [0.2, 0.25) is 0 Å². The number of carbonyl (C=O) groups excluding carboxylic acids is 1. The SMILES string of the molecule is CCO[C@@]12C[C@H]3[C@H](CC=O)[C@@H](CCO1)[C@@H]2C3(OC)OC. The molecule has 1 saturated heterocycles. The van der Waals surface area contributed by atoms with Crippen LogP contribution in [-0.4, -0.2) is 45.3 Å². The van der Waals surface area contributed by atoms with Crippen molar-refractivity contribution < 1.29 is 23.7 Å². The molecule has 5 heteroatoms. The van der Waals surface area contributed by atoms with Crippen LogP contribution in [0, 0.1) is 23.7 Å². The minimum absolute atomic E-state index is 0.0497. The fraction of sp³-hybridized carbons (Fsp3) is 0.933. The van der Waals surface area contributed by atoms with E-state index in [9.17, 15) is 4.79 Å². The first kappa shape index (κ1) is 14.4. The highest BCUT2D eigenvalue weighted by molar-refractivity contribution is 5.50. The lowest BCUT2D eigenvalue weighted by molar-refractivity contribution is -0.329. The molecule has 0 spiro atoms. The quantitative estimate of drug-likeness (QED) is 0.548. The molecule has 2 aliphatic carbocycles. The average molecular weight is 284 g/mol. The Balaban J connectivity index is 2.02. The van der Waals surface area contributed by atoms with Crippen LogP contribution < -0.4 is 0 Å². The number of aldehydes is 1. The Kier molecular flexibility index (Phi) is 3.65. The van der Waals surface area contributed by atoms with E-state index < -0.39 is 11.6 Å². The Hall–Kier alpha value is -0.490. The summed E-state index contributed by atoms with van der Waals surface area (Å²) in [6, 6.07) is 0. The van der Waals surface area contributed by atoms with E-state index in [0.29, 0.717) is 31.5 Å². The number of rotatable bonds is 6. The summed E-state index contributed by atoms with van der Waals surface area (Å²) in [5, 5.41) is 0. The number of carbonyl (C=O) groups is 1. The van der Waals surface area contributed by atoms with E-state index in [1.807, 2.05) is 6.92 Å². The van der Waals surface area contributed by atoms with Crippen LogP contribution in [-0.2, 0) is 23.7 Å². The number of methoxy groups -OCH3 is 2. The largest absolute Gasteiger partial charge is 0.352 e. The molecule has 1 heterocycles. The van der Waals surface area contributed by atoms with Gasteiger partial charge >= 0.3 is 0 Å². The molecule has 0 aromatic rings. The van der Waals surface area contributed by atoms with Crippen molar-refractivity contribution in [2.24, 2.45) is 23.7 Å². The average Bonchev–Trinajstić information content (AvgIpc) is 2.88. The first-order chi connectivity index (χ1) is 9.69. The molecule has 114 valence electrons. The van der Waals surface area contributed by atoms with E-state index in [-0.39, 0.29) is 11.8 Å². The van der Waals surface area contributed by atoms with Gasteiger partial charge in [-0.1, -0.05) is 0 Å². The lowest BCUT2D eigenvalue weighted by Crippen LogP contribution is -2.54. The van der Waals surface area contributed by atoms with Gasteiger partial charge in [0.05, 0.1) is 12.5 Å². The molecule has 3 rings (SSSR count). The third-order valence-corrected chi connectivity index (χ3v) is 5.62. The Labute approximate surface area is 119 Å². The van der Waals surface area contributed by atoms with Crippen LogP contribution in [0.3, 0.4) is 0 Å². The molecule has 1 aliphatic heterocycles. The van der Waals surface area contributed by atoms with E-state index in [1.165, 1.54) is 0 Å². The molecule has 20 heavy (non-hydrogen) atoms. The van der Waals surface area contributed by atoms with Crippen molar-refractivity contribution in [2.75, 3.05) is 27.4 Å². The van der Waals surface area contributed by atoms with Crippen molar-refractivity contribution in [3.63, 3.8) is 0 Å². The van der Waals surface area contributed by atoms with Crippen LogP contribution in [0.1, 0.15) is 26.2 Å². The van der Waals surface area contributed by atoms with E-state index in [4.69, 9.17) is 18.9 Å². The van der Waals surface area contributed by atoms with Gasteiger partial charge in [0, 0.05) is 39.6 Å². The van der Waals surface area contributed by atoms with E-state index in [0.717, 1.165) is 19.1 Å². The molecule has 5 nitrogen and oxygen atoms in total. The molecule has 0 unspecified atom stereocenters. The maximum Gasteiger partial charge on any atom is 0.179 e. The molecule has 0 aromatic heterocycles. The second kappa shape index (κ2) is 5.05. The summed E-state index contributed by atoms with van der Waals surface area (Å²) in [5.74, 6) is -0.367. The number of ether oxygens (including phenoxy) is 4. The first-order valence-corrected chi connectivity index (χ1v) is 7.51. The Bertz CT molecular complexity index is 376. The smallest absolute Gasteiger partial charge is 0.179 e. The summed E-state index contributed by atoms with van der Waals surface area (Å²) in [4.78, 5) is 11.0. The number of hydrogen-bond acceptors (Lipinski definition) is 5. The van der Waals surface area contributed by atoms with Gasteiger partial charge in [-0.05, 0) is 25.2 Å². The van der Waals surface area contributed by atoms with Gasteiger partial charge < -0.3 is 23.7 Å². The first-order valence-electron chi connectivity index (χ1n) is 7.51. The summed E-state index contributed by atoms with van der Waals surface area (Å²) in [5.41, 5.74) is 0. The topological polar surface area (TPSA) is 54.0 Å². The van der Waals surface area contributed by atoms with Crippen molar-refractivity contribution in [1.29, 1.82) is 0 Å². The molecular weight excluding hydrogens is 260 g/mol. The molecule has 2 bridgehead atoms. The summed E-state index contributed by atoms with van der Waals surface area (Å²) >= 11 is 0. The second-order valence-electron chi connectivity index (χ2n) is 6.03. The van der Waals surface area contributed by atoms with Gasteiger partial charge in [-0.25, -0.2) is 0 Å². The fourth-order valence-corrected chi connectivity index (χ4v) is 5.15. The fourth-order valence-electron chi connectivity index (χ4n) is 5.15. The maximum absolute atomic E-state index is 11.0. The summed E-state index contributed by atoms with van der Waals surface area (Å²) in [6.07, 6.45) is 3.30. The molecule has 3 fully saturated rings. The maximum atomic E-state index is 11.0. The molecule has 0 amide bonds. The van der Waals surface area contributed by atoms with Crippen LogP contribution >= 0.6 is 0 Å². The zero-order valence-corrected chi connectivity index (χ0v) is 12.5. The standard InChI is InChI=1S/C15H24O5/c1-4-19-14-9-12-10(5-7-16)11(6-8-20-14)13(14)15(12,17-2)18-3/h7,10-13H,4-6,8-9H2,1-3H3/t10-,11-,12+,13+,14+/m1/s1. The molecular formula is C15H24O5. The van der Waals surface area contributed by atoms with E-state index >= 15 is 0 Å². The van der Waals surface area contributed by atoms with Gasteiger partial charge in [0.25, 0.3) is 0 Å². The van der Waals surface area contributed by atoms with Crippen molar-refractivity contribution in [3.05, 3.63) is 0 Å². The molecule has 5 atom stereocenters. The van der Waals surface area contributed by atoms with Crippen molar-refractivity contribution in [1.82, 2.24) is 0 Å². The summed E-state index contributed by atoms with van der Waals surface area (Å²) in [6.45, 7) is 3.28. The molecule has 0 radical (unpaired) electrons. The Morgan fingerprint density at radius 3 is 2.70 bits per heavy atom. The molecule has 2 saturated carbocycles. The zero-order valence-electron chi connectivity index (χ0n) is 12.5. The van der Waals surface area contributed by atoms with Gasteiger partial charge in [-0.2, -0.15) is 0 Å². The van der Waals surface area contributed by atoms with Crippen LogP contribution in [0.15, 0.2) is 0 Å². The van der Waals surface area contributed by atoms with E-state index in [1.54, 1.807) is 14.2 Å². The van der Waals surface area contributed by atoms with Crippen LogP contribution in [0.4, 0.5) is 0 Å². The Morgan fingerprint density at radius 1 is 1.35 bits per heavy atom. The lowest BCUT2D eigenvalue weighted by Gasteiger charge is -2.47. The molecule has 3 aliphatic rings. The highest BCUT2D eigenvalue weighted by atomic mass is 16.7. The molecule has 0 aromatic carbocycles. The van der Waals surface area contributed by atoms with Gasteiger partial charge in [0.1, 0.15) is 6.29 Å². The monoisotopic (exact) mass is 284 g/mol. The number of fused-ring (bicyclic) bond motifs is 1. The predicted octanol–water partition coefficient (Wildman–Crippen LogP) is 1.60. The van der Waals surface area contributed by atoms with Crippen LogP contribution in [0.5, 0.6) is 0 Å². The van der Waals surface area contributed by atoms with Gasteiger partial charge in [-0.15, -0.1) is 0 Å². The summed E-state index contributed by atoms with van der Waals surface area (Å²) in [7, 11) is 3.38. The third kappa shape index (κ3) is 1.61. The van der Waals surface area contributed by atoms with Crippen molar-refractivity contribution >= 4 is 6.29 Å². The highest BCUT2D eigenvalue weighted by Gasteiger charge is 2.76. The number of hydrogen-bond donors (Lipinski definition) is 0.